The first-order valence-electron chi connectivity index (χ1n) is 7.26. The fraction of sp³-hybridized carbons (Fsp3) is 0.500. The number of hydrogen-bond acceptors (Lipinski definition) is 6. The molecule has 0 saturated carbocycles. The maximum atomic E-state index is 12.1. The highest BCUT2D eigenvalue weighted by Crippen LogP contribution is 2.21. The molecule has 126 valence electrons. The van der Waals surface area contributed by atoms with Gasteiger partial charge in [-0.25, -0.2) is 8.42 Å². The maximum absolute atomic E-state index is 12.1. The van der Waals surface area contributed by atoms with Crippen LogP contribution < -0.4 is 10.6 Å². The van der Waals surface area contributed by atoms with E-state index in [1.54, 1.807) is 0 Å². The topological polar surface area (TPSA) is 118 Å². The molecule has 1 aliphatic rings. The average molecular weight is 341 g/mol. The predicted molar refractivity (Wildman–Crippen MR) is 84.1 cm³/mol. The van der Waals surface area contributed by atoms with Gasteiger partial charge in [0.2, 0.25) is 0 Å². The summed E-state index contributed by atoms with van der Waals surface area (Å²) in [6.45, 7) is 2.34. The highest BCUT2D eigenvalue weighted by atomic mass is 32.2. The molecule has 1 aromatic carbocycles. The fourth-order valence-electron chi connectivity index (χ4n) is 2.49. The Labute approximate surface area is 134 Å². The molecule has 0 radical (unpaired) electrons. The van der Waals surface area contributed by atoms with Crippen LogP contribution >= 0.6 is 0 Å². The van der Waals surface area contributed by atoms with Crippen LogP contribution in [0.5, 0.6) is 0 Å². The largest absolute Gasteiger partial charge is 0.352 e. The van der Waals surface area contributed by atoms with E-state index in [-0.39, 0.29) is 10.5 Å². The Hall–Kier alpha value is -2.00. The van der Waals surface area contributed by atoms with Crippen LogP contribution in [-0.4, -0.2) is 45.1 Å². The van der Waals surface area contributed by atoms with E-state index >= 15 is 0 Å². The van der Waals surface area contributed by atoms with Crippen LogP contribution in [0.4, 0.5) is 5.69 Å². The highest BCUT2D eigenvalue weighted by Gasteiger charge is 2.19. The number of benzene rings is 1. The number of amides is 1. The summed E-state index contributed by atoms with van der Waals surface area (Å²) in [7, 11) is -3.64. The van der Waals surface area contributed by atoms with Crippen molar-refractivity contribution in [2.24, 2.45) is 5.92 Å². The molecule has 0 bridgehead atoms. The summed E-state index contributed by atoms with van der Waals surface area (Å²) in [6, 6.07) is 3.20. The lowest BCUT2D eigenvalue weighted by Gasteiger charge is -2.10. The molecule has 0 spiro atoms. The predicted octanol–water partition coefficient (Wildman–Crippen LogP) is 0.728. The van der Waals surface area contributed by atoms with Gasteiger partial charge in [0.05, 0.1) is 9.82 Å². The van der Waals surface area contributed by atoms with E-state index in [1.165, 1.54) is 0 Å². The Bertz CT molecular complexity index is 711. The van der Waals surface area contributed by atoms with Gasteiger partial charge in [-0.3, -0.25) is 14.9 Å². The van der Waals surface area contributed by atoms with Gasteiger partial charge in [0, 0.05) is 30.5 Å². The van der Waals surface area contributed by atoms with Gasteiger partial charge in [-0.15, -0.1) is 0 Å². The number of non-ortho nitro benzene ring substituents is 1. The third-order valence-corrected chi connectivity index (χ3v) is 4.88. The van der Waals surface area contributed by atoms with Crippen molar-refractivity contribution in [3.8, 4) is 0 Å². The van der Waals surface area contributed by atoms with E-state index in [0.29, 0.717) is 12.5 Å². The van der Waals surface area contributed by atoms with Gasteiger partial charge in [-0.05, 0) is 37.9 Å². The number of nitrogens with one attached hydrogen (secondary N) is 2. The minimum atomic E-state index is -3.64. The van der Waals surface area contributed by atoms with Crippen LogP contribution in [-0.2, 0) is 9.84 Å². The van der Waals surface area contributed by atoms with Gasteiger partial charge in [0.15, 0.2) is 9.84 Å². The Morgan fingerprint density at radius 3 is 2.74 bits per heavy atom. The van der Waals surface area contributed by atoms with Crippen molar-refractivity contribution in [3.63, 3.8) is 0 Å². The van der Waals surface area contributed by atoms with Gasteiger partial charge >= 0.3 is 0 Å². The van der Waals surface area contributed by atoms with Crippen LogP contribution in [0.2, 0.25) is 0 Å². The normalized spacial score (nSPS) is 17.9. The first kappa shape index (κ1) is 17.4. The summed E-state index contributed by atoms with van der Waals surface area (Å²) in [6.07, 6.45) is 2.82. The zero-order chi connectivity index (χ0) is 17.0. The van der Waals surface area contributed by atoms with Crippen molar-refractivity contribution < 1.29 is 18.1 Å². The van der Waals surface area contributed by atoms with Crippen LogP contribution in [0.15, 0.2) is 23.1 Å². The van der Waals surface area contributed by atoms with E-state index in [4.69, 9.17) is 0 Å². The van der Waals surface area contributed by atoms with Gasteiger partial charge in [0.1, 0.15) is 0 Å². The summed E-state index contributed by atoms with van der Waals surface area (Å²) < 4.78 is 23.2. The Morgan fingerprint density at radius 2 is 2.17 bits per heavy atom. The molecule has 2 rings (SSSR count). The number of hydrogen-bond donors (Lipinski definition) is 2. The van der Waals surface area contributed by atoms with E-state index in [9.17, 15) is 23.3 Å². The Kier molecular flexibility index (Phi) is 5.32. The van der Waals surface area contributed by atoms with E-state index in [2.05, 4.69) is 10.6 Å². The van der Waals surface area contributed by atoms with Gasteiger partial charge in [0.25, 0.3) is 11.6 Å². The lowest BCUT2D eigenvalue weighted by Crippen LogP contribution is -2.26. The summed E-state index contributed by atoms with van der Waals surface area (Å²) in [5.74, 6) is -0.00320. The van der Waals surface area contributed by atoms with Crippen LogP contribution in [0.25, 0.3) is 0 Å². The molecule has 8 nitrogen and oxygen atoms in total. The molecule has 1 aliphatic heterocycles. The molecule has 9 heteroatoms. The minimum Gasteiger partial charge on any atom is -0.352 e. The van der Waals surface area contributed by atoms with Crippen molar-refractivity contribution in [2.75, 3.05) is 25.9 Å². The summed E-state index contributed by atoms with van der Waals surface area (Å²) in [4.78, 5) is 22.1. The molecule has 1 unspecified atom stereocenters. The maximum Gasteiger partial charge on any atom is 0.271 e. The number of nitro benzene ring substituents is 1. The molecular formula is C14H19N3O5S. The average Bonchev–Trinajstić information content (AvgIpc) is 2.99. The van der Waals surface area contributed by atoms with E-state index < -0.39 is 26.4 Å². The van der Waals surface area contributed by atoms with E-state index in [1.807, 2.05) is 0 Å². The Balaban J connectivity index is 2.11. The molecule has 0 aliphatic carbocycles. The second-order valence-electron chi connectivity index (χ2n) is 5.65. The summed E-state index contributed by atoms with van der Waals surface area (Å²) >= 11 is 0. The van der Waals surface area contributed by atoms with Crippen molar-refractivity contribution in [1.29, 1.82) is 0 Å². The van der Waals surface area contributed by atoms with Crippen LogP contribution in [0.3, 0.4) is 0 Å². The number of rotatable bonds is 6. The molecule has 1 heterocycles. The van der Waals surface area contributed by atoms with Crippen LogP contribution in [0, 0.1) is 16.0 Å². The third-order valence-electron chi connectivity index (χ3n) is 3.79. The highest BCUT2D eigenvalue weighted by molar-refractivity contribution is 7.90. The molecule has 1 fully saturated rings. The molecule has 0 aromatic heterocycles. The molecule has 1 saturated heterocycles. The number of carbonyl (C=O) groups is 1. The second kappa shape index (κ2) is 7.05. The monoisotopic (exact) mass is 341 g/mol. The standard InChI is InChI=1S/C14H19N3O5S/c1-23(21,22)13-7-11(6-12(8-13)17(19)20)14(18)16-5-3-10-2-4-15-9-10/h6-8,10,15H,2-5,9H2,1H3,(H,16,18). The second-order valence-corrected chi connectivity index (χ2v) is 7.66. The molecular weight excluding hydrogens is 322 g/mol. The molecule has 1 aromatic rings. The molecule has 2 N–H and O–H groups in total. The SMILES string of the molecule is CS(=O)(=O)c1cc(C(=O)NCCC2CCNC2)cc([N+](=O)[O-])c1. The molecule has 1 atom stereocenters. The number of carbonyl (C=O) groups excluding carboxylic acids is 1. The lowest BCUT2D eigenvalue weighted by atomic mass is 10.1. The van der Waals surface area contributed by atoms with Crippen molar-refractivity contribution in [3.05, 3.63) is 33.9 Å². The fourth-order valence-corrected chi connectivity index (χ4v) is 3.16. The molecule has 23 heavy (non-hydrogen) atoms. The van der Waals surface area contributed by atoms with Crippen molar-refractivity contribution in [2.45, 2.75) is 17.7 Å². The Morgan fingerprint density at radius 1 is 1.43 bits per heavy atom. The number of sulfone groups is 1. The first-order valence-corrected chi connectivity index (χ1v) is 9.15. The third kappa shape index (κ3) is 4.73. The zero-order valence-electron chi connectivity index (χ0n) is 12.7. The van der Waals surface area contributed by atoms with Crippen LogP contribution in [0.1, 0.15) is 23.2 Å². The first-order chi connectivity index (χ1) is 10.8. The number of nitrogens with zero attached hydrogens (tertiary/aromatic N) is 1. The summed E-state index contributed by atoms with van der Waals surface area (Å²) in [5, 5.41) is 16.8. The van der Waals surface area contributed by atoms with Gasteiger partial charge in [-0.2, -0.15) is 0 Å². The molecule has 1 amide bonds. The van der Waals surface area contributed by atoms with E-state index in [0.717, 1.165) is 50.4 Å². The minimum absolute atomic E-state index is 0.0239. The smallest absolute Gasteiger partial charge is 0.271 e. The zero-order valence-corrected chi connectivity index (χ0v) is 13.6. The lowest BCUT2D eigenvalue weighted by molar-refractivity contribution is -0.385. The van der Waals surface area contributed by atoms with Crippen molar-refractivity contribution in [1.82, 2.24) is 10.6 Å². The van der Waals surface area contributed by atoms with Crippen molar-refractivity contribution >= 4 is 21.4 Å². The van der Waals surface area contributed by atoms with Gasteiger partial charge < -0.3 is 10.6 Å². The summed E-state index contributed by atoms with van der Waals surface area (Å²) in [5.41, 5.74) is -0.442. The van der Waals surface area contributed by atoms with Gasteiger partial charge in [-0.1, -0.05) is 0 Å². The number of nitro groups is 1. The quantitative estimate of drug-likeness (QED) is 0.581.